The average molecular weight is 205 g/mol. The Morgan fingerprint density at radius 2 is 1.69 bits per heavy atom. The van der Waals surface area contributed by atoms with E-state index in [4.69, 9.17) is 14.6 Å². The Balaban J connectivity index is 4.24. The summed E-state index contributed by atoms with van der Waals surface area (Å²) in [6, 6.07) is 2.18. The second-order valence-electron chi connectivity index (χ2n) is 3.71. The maximum atomic E-state index is 5.82. The Morgan fingerprint density at radius 3 is 1.92 bits per heavy atom. The van der Waals surface area contributed by atoms with E-state index >= 15 is 0 Å². The van der Waals surface area contributed by atoms with Gasteiger partial charge >= 0.3 is 8.56 Å². The molecule has 2 N–H and O–H groups in total. The van der Waals surface area contributed by atoms with Gasteiger partial charge in [-0.2, -0.15) is 0 Å². The molecule has 0 aromatic heterocycles. The minimum absolute atomic E-state index is 0.212. The van der Waals surface area contributed by atoms with E-state index in [1.807, 2.05) is 6.92 Å². The third-order valence-electron chi connectivity index (χ3n) is 2.81. The number of nitrogens with two attached hydrogens (primary N) is 1. The van der Waals surface area contributed by atoms with Crippen molar-refractivity contribution in [3.05, 3.63) is 0 Å². The van der Waals surface area contributed by atoms with Crippen LogP contribution in [0, 0.1) is 5.92 Å². The van der Waals surface area contributed by atoms with Crippen LogP contribution in [0.5, 0.6) is 0 Å². The van der Waals surface area contributed by atoms with Crippen LogP contribution in [0.25, 0.3) is 0 Å². The summed E-state index contributed by atoms with van der Waals surface area (Å²) in [6.07, 6.45) is 0. The fourth-order valence-electron chi connectivity index (χ4n) is 1.36. The van der Waals surface area contributed by atoms with Gasteiger partial charge in [-0.05, 0) is 24.9 Å². The van der Waals surface area contributed by atoms with Gasteiger partial charge in [-0.3, -0.25) is 0 Å². The molecule has 0 saturated heterocycles. The van der Waals surface area contributed by atoms with Crippen molar-refractivity contribution in [3.8, 4) is 0 Å². The minimum atomic E-state index is -1.92. The Bertz CT molecular complexity index is 129. The third-order valence-corrected chi connectivity index (χ3v) is 6.64. The van der Waals surface area contributed by atoms with Gasteiger partial charge in [0.1, 0.15) is 0 Å². The van der Waals surface area contributed by atoms with Crippen LogP contribution in [0.3, 0.4) is 0 Å². The topological polar surface area (TPSA) is 44.5 Å². The molecule has 0 bridgehead atoms. The normalized spacial score (nSPS) is 17.1. The van der Waals surface area contributed by atoms with Crippen molar-refractivity contribution >= 4 is 8.56 Å². The molecule has 2 atom stereocenters. The van der Waals surface area contributed by atoms with Crippen LogP contribution in [-0.2, 0) is 8.85 Å². The van der Waals surface area contributed by atoms with E-state index in [0.29, 0.717) is 5.92 Å². The molecule has 0 radical (unpaired) electrons. The predicted molar refractivity (Wildman–Crippen MR) is 57.9 cm³/mol. The number of rotatable bonds is 6. The molecular weight excluding hydrogens is 182 g/mol. The molecule has 0 rings (SSSR count). The molecule has 0 amide bonds. The van der Waals surface area contributed by atoms with Gasteiger partial charge in [0.05, 0.1) is 0 Å². The fraction of sp³-hybridized carbons (Fsp3) is 1.00. The first-order valence-corrected chi connectivity index (χ1v) is 7.10. The summed E-state index contributed by atoms with van der Waals surface area (Å²) in [5, 5.41) is 0. The van der Waals surface area contributed by atoms with Gasteiger partial charge in [-0.1, -0.05) is 13.8 Å². The van der Waals surface area contributed by atoms with Crippen LogP contribution in [0.1, 0.15) is 20.8 Å². The minimum Gasteiger partial charge on any atom is -0.398 e. The van der Waals surface area contributed by atoms with Gasteiger partial charge in [0.2, 0.25) is 0 Å². The molecule has 2 unspecified atom stereocenters. The standard InChI is InChI=1S/C9H23NO2Si/c1-6-13(11-4,12-5)7-8(2)9(3)10/h8-9H,6-7,10H2,1-5H3. The summed E-state index contributed by atoms with van der Waals surface area (Å²) in [5.41, 5.74) is 5.82. The molecule has 3 nitrogen and oxygen atoms in total. The molecule has 0 fully saturated rings. The quantitative estimate of drug-likeness (QED) is 0.672. The largest absolute Gasteiger partial charge is 0.398 e. The van der Waals surface area contributed by atoms with Crippen molar-refractivity contribution in [2.24, 2.45) is 11.7 Å². The van der Waals surface area contributed by atoms with Crippen LogP contribution in [0.4, 0.5) is 0 Å². The molecule has 0 aliphatic heterocycles. The zero-order valence-electron chi connectivity index (χ0n) is 9.46. The van der Waals surface area contributed by atoms with Crippen molar-refractivity contribution in [1.29, 1.82) is 0 Å². The van der Waals surface area contributed by atoms with Crippen molar-refractivity contribution in [2.75, 3.05) is 14.2 Å². The first kappa shape index (κ1) is 13.1. The molecular formula is C9H23NO2Si. The average Bonchev–Trinajstić information content (AvgIpc) is 2.14. The summed E-state index contributed by atoms with van der Waals surface area (Å²) < 4.78 is 11.0. The van der Waals surface area contributed by atoms with Gasteiger partial charge < -0.3 is 14.6 Å². The zero-order chi connectivity index (χ0) is 10.5. The number of hydrogen-bond donors (Lipinski definition) is 1. The Morgan fingerprint density at radius 1 is 1.23 bits per heavy atom. The molecule has 0 aliphatic carbocycles. The summed E-state index contributed by atoms with van der Waals surface area (Å²) in [7, 11) is 1.56. The van der Waals surface area contributed by atoms with Crippen molar-refractivity contribution in [3.63, 3.8) is 0 Å². The van der Waals surface area contributed by atoms with Gasteiger partial charge in [0.25, 0.3) is 0 Å². The van der Waals surface area contributed by atoms with E-state index < -0.39 is 8.56 Å². The molecule has 0 aromatic carbocycles. The first-order chi connectivity index (χ1) is 6.01. The fourth-order valence-corrected chi connectivity index (χ4v) is 4.08. The summed E-state index contributed by atoms with van der Waals surface area (Å²) in [6.45, 7) is 6.30. The van der Waals surface area contributed by atoms with Crippen LogP contribution in [-0.4, -0.2) is 28.8 Å². The van der Waals surface area contributed by atoms with Crippen molar-refractivity contribution < 1.29 is 8.85 Å². The highest BCUT2D eigenvalue weighted by Crippen LogP contribution is 2.23. The summed E-state index contributed by atoms with van der Waals surface area (Å²) >= 11 is 0. The number of hydrogen-bond acceptors (Lipinski definition) is 3. The van der Waals surface area contributed by atoms with Crippen LogP contribution >= 0.6 is 0 Å². The van der Waals surface area contributed by atoms with Crippen LogP contribution in [0.15, 0.2) is 0 Å². The predicted octanol–water partition coefficient (Wildman–Crippen LogP) is 1.72. The molecule has 0 spiro atoms. The zero-order valence-corrected chi connectivity index (χ0v) is 10.5. The lowest BCUT2D eigenvalue weighted by Gasteiger charge is -2.30. The first-order valence-electron chi connectivity index (χ1n) is 4.87. The molecule has 0 saturated carbocycles. The lowest BCUT2D eigenvalue weighted by Crippen LogP contribution is -2.43. The lowest BCUT2D eigenvalue weighted by molar-refractivity contribution is 0.233. The van der Waals surface area contributed by atoms with E-state index in [9.17, 15) is 0 Å². The maximum absolute atomic E-state index is 5.82. The second kappa shape index (κ2) is 5.75. The molecule has 0 heterocycles. The molecule has 13 heavy (non-hydrogen) atoms. The molecule has 0 aliphatic rings. The van der Waals surface area contributed by atoms with Crippen LogP contribution < -0.4 is 5.73 Å². The monoisotopic (exact) mass is 205 g/mol. The van der Waals surface area contributed by atoms with Crippen molar-refractivity contribution in [1.82, 2.24) is 0 Å². The Hall–Kier alpha value is 0.0969. The third kappa shape index (κ3) is 3.77. The highest BCUT2D eigenvalue weighted by molar-refractivity contribution is 6.67. The Labute approximate surface area is 82.9 Å². The van der Waals surface area contributed by atoms with E-state index in [-0.39, 0.29) is 6.04 Å². The van der Waals surface area contributed by atoms with Crippen LogP contribution in [0.2, 0.25) is 12.1 Å². The Kier molecular flexibility index (Phi) is 5.79. The highest BCUT2D eigenvalue weighted by atomic mass is 28.4. The second-order valence-corrected chi connectivity index (χ2v) is 7.47. The SMILES string of the molecule is CC[Si](CC(C)C(C)N)(OC)OC. The molecule has 80 valence electrons. The van der Waals surface area contributed by atoms with E-state index in [0.717, 1.165) is 12.1 Å². The van der Waals surface area contributed by atoms with E-state index in [2.05, 4.69) is 13.8 Å². The van der Waals surface area contributed by atoms with Gasteiger partial charge in [0, 0.05) is 20.3 Å². The molecule has 4 heteroatoms. The highest BCUT2D eigenvalue weighted by Gasteiger charge is 2.35. The smallest absolute Gasteiger partial charge is 0.337 e. The maximum Gasteiger partial charge on any atom is 0.337 e. The molecule has 0 aromatic rings. The van der Waals surface area contributed by atoms with E-state index in [1.54, 1.807) is 14.2 Å². The summed E-state index contributed by atoms with van der Waals surface area (Å²) in [4.78, 5) is 0. The van der Waals surface area contributed by atoms with Gasteiger partial charge in [-0.15, -0.1) is 0 Å². The summed E-state index contributed by atoms with van der Waals surface area (Å²) in [5.74, 6) is 0.464. The van der Waals surface area contributed by atoms with Gasteiger partial charge in [-0.25, -0.2) is 0 Å². The van der Waals surface area contributed by atoms with E-state index in [1.165, 1.54) is 0 Å². The lowest BCUT2D eigenvalue weighted by atomic mass is 10.1. The van der Waals surface area contributed by atoms with Gasteiger partial charge in [0.15, 0.2) is 0 Å². The van der Waals surface area contributed by atoms with Crippen molar-refractivity contribution in [2.45, 2.75) is 38.9 Å².